The monoisotopic (exact) mass is 672 g/mol. The first-order valence-corrected chi connectivity index (χ1v) is 16.3. The molecule has 49 heavy (non-hydrogen) atoms. The van der Waals surface area contributed by atoms with Crippen LogP contribution in [0.25, 0.3) is 11.1 Å². The Morgan fingerprint density at radius 2 is 1.55 bits per heavy atom. The van der Waals surface area contributed by atoms with Gasteiger partial charge in [-0.15, -0.1) is 0 Å². The normalized spacial score (nSPS) is 17.5. The molecule has 1 aliphatic carbocycles. The van der Waals surface area contributed by atoms with Crippen LogP contribution < -0.4 is 16.0 Å². The fourth-order valence-corrected chi connectivity index (χ4v) is 6.06. The Balaban J connectivity index is 1.11. The number of cyclic esters (lactones) is 1. The summed E-state index contributed by atoms with van der Waals surface area (Å²) in [7, 11) is 0. The second-order valence-corrected chi connectivity index (χ2v) is 11.9. The van der Waals surface area contributed by atoms with Crippen LogP contribution in [0.5, 0.6) is 0 Å². The molecule has 4 N–H and O–H groups in total. The molecule has 5 rings (SSSR count). The third-order valence-electron chi connectivity index (χ3n) is 8.48. The molecular formula is C36H40N4O9. The van der Waals surface area contributed by atoms with Gasteiger partial charge in [0.05, 0.1) is 0 Å². The highest BCUT2D eigenvalue weighted by Crippen LogP contribution is 2.44. The van der Waals surface area contributed by atoms with Gasteiger partial charge in [0.15, 0.2) is 0 Å². The van der Waals surface area contributed by atoms with Gasteiger partial charge in [0, 0.05) is 25.0 Å². The minimum absolute atomic E-state index is 0.00697. The highest BCUT2D eigenvalue weighted by Gasteiger charge is 2.33. The predicted molar refractivity (Wildman–Crippen MR) is 178 cm³/mol. The van der Waals surface area contributed by atoms with Gasteiger partial charge < -0.3 is 40.2 Å². The van der Waals surface area contributed by atoms with Crippen molar-refractivity contribution in [1.82, 2.24) is 20.9 Å². The SMILES string of the molecule is O=C(O)CN1CC[C@@H](CCCCNC(=O)OCc2ccccc2)NC(=O)OC[C@@H](NC(=O)OCC2c3ccccc3-c3ccccc32)C1=O. The van der Waals surface area contributed by atoms with E-state index in [4.69, 9.17) is 14.2 Å². The molecule has 13 heteroatoms. The molecule has 2 aliphatic rings. The Kier molecular flexibility index (Phi) is 12.0. The summed E-state index contributed by atoms with van der Waals surface area (Å²) in [5.41, 5.74) is 5.04. The van der Waals surface area contributed by atoms with Gasteiger partial charge in [-0.3, -0.25) is 9.59 Å². The van der Waals surface area contributed by atoms with E-state index in [1.165, 1.54) is 0 Å². The number of fused-ring (bicyclic) bond motifs is 3. The number of unbranched alkanes of at least 4 members (excludes halogenated alkanes) is 1. The number of nitrogens with one attached hydrogen (secondary N) is 3. The lowest BCUT2D eigenvalue weighted by Crippen LogP contribution is -2.54. The van der Waals surface area contributed by atoms with Gasteiger partial charge in [0.25, 0.3) is 0 Å². The van der Waals surface area contributed by atoms with Crippen molar-refractivity contribution in [2.24, 2.45) is 0 Å². The maximum atomic E-state index is 13.5. The summed E-state index contributed by atoms with van der Waals surface area (Å²) < 4.78 is 16.1. The molecule has 0 aromatic heterocycles. The van der Waals surface area contributed by atoms with Crippen molar-refractivity contribution in [3.05, 3.63) is 95.6 Å². The van der Waals surface area contributed by atoms with Gasteiger partial charge >= 0.3 is 24.2 Å². The lowest BCUT2D eigenvalue weighted by Gasteiger charge is -2.30. The summed E-state index contributed by atoms with van der Waals surface area (Å²) in [6.07, 6.45) is -0.253. The summed E-state index contributed by atoms with van der Waals surface area (Å²) in [6.45, 7) is -0.577. The van der Waals surface area contributed by atoms with Gasteiger partial charge in [-0.25, -0.2) is 14.4 Å². The maximum Gasteiger partial charge on any atom is 0.407 e. The number of benzene rings is 3. The van der Waals surface area contributed by atoms with Crippen LogP contribution in [-0.4, -0.2) is 85.1 Å². The van der Waals surface area contributed by atoms with E-state index >= 15 is 0 Å². The zero-order valence-electron chi connectivity index (χ0n) is 27.0. The van der Waals surface area contributed by atoms with Crippen molar-refractivity contribution in [2.75, 3.05) is 32.8 Å². The van der Waals surface area contributed by atoms with Crippen LogP contribution in [0.3, 0.4) is 0 Å². The Bertz CT molecular complexity index is 1590. The first kappa shape index (κ1) is 34.7. The maximum absolute atomic E-state index is 13.5. The van der Waals surface area contributed by atoms with E-state index in [1.807, 2.05) is 78.9 Å². The molecule has 0 radical (unpaired) electrons. The van der Waals surface area contributed by atoms with E-state index in [2.05, 4.69) is 16.0 Å². The van der Waals surface area contributed by atoms with Crippen molar-refractivity contribution in [3.8, 4) is 11.1 Å². The zero-order chi connectivity index (χ0) is 34.6. The standard InChI is InChI=1S/C36H40N4O9/c41-32(42)20-40-19-17-25(12-8-9-18-37-34(44)47-21-24-10-2-1-3-11-24)38-35(45)49-23-31(33(40)43)39-36(46)48-22-30-28-15-6-4-13-26(28)27-14-5-7-16-29(27)30/h1-7,10-11,13-16,25,30-31H,8-9,12,17-23H2,(H,37,44)(H,38,45)(H,39,46)(H,41,42)/t25-,31-/m1/s1. The number of nitrogens with zero attached hydrogens (tertiary/aromatic N) is 1. The fourth-order valence-electron chi connectivity index (χ4n) is 6.06. The number of carboxylic acid groups (broad SMARTS) is 1. The third-order valence-corrected chi connectivity index (χ3v) is 8.48. The molecule has 3 aromatic carbocycles. The fraction of sp³-hybridized carbons (Fsp3) is 0.361. The molecule has 13 nitrogen and oxygen atoms in total. The van der Waals surface area contributed by atoms with Gasteiger partial charge in [0.2, 0.25) is 5.91 Å². The lowest BCUT2D eigenvalue weighted by molar-refractivity contribution is -0.146. The van der Waals surface area contributed by atoms with E-state index in [0.29, 0.717) is 25.8 Å². The highest BCUT2D eigenvalue weighted by molar-refractivity contribution is 5.88. The minimum atomic E-state index is -1.36. The highest BCUT2D eigenvalue weighted by atomic mass is 16.6. The molecule has 0 saturated carbocycles. The number of alkyl carbamates (subject to hydrolysis) is 3. The van der Waals surface area contributed by atoms with Crippen LogP contribution in [0.15, 0.2) is 78.9 Å². The van der Waals surface area contributed by atoms with Crippen LogP contribution in [0.1, 0.15) is 48.3 Å². The molecular weight excluding hydrogens is 632 g/mol. The first-order chi connectivity index (χ1) is 23.8. The van der Waals surface area contributed by atoms with Crippen LogP contribution in [0, 0.1) is 0 Å². The molecule has 0 bridgehead atoms. The minimum Gasteiger partial charge on any atom is -0.480 e. The molecule has 0 unspecified atom stereocenters. The Labute approximate surface area is 283 Å². The van der Waals surface area contributed by atoms with Crippen LogP contribution >= 0.6 is 0 Å². The molecule has 258 valence electrons. The van der Waals surface area contributed by atoms with Crippen molar-refractivity contribution in [2.45, 2.75) is 50.3 Å². The van der Waals surface area contributed by atoms with E-state index < -0.39 is 55.4 Å². The zero-order valence-corrected chi connectivity index (χ0v) is 27.0. The van der Waals surface area contributed by atoms with Crippen molar-refractivity contribution < 1.29 is 43.3 Å². The van der Waals surface area contributed by atoms with Gasteiger partial charge in [-0.1, -0.05) is 78.9 Å². The number of rotatable bonds is 12. The summed E-state index contributed by atoms with van der Waals surface area (Å²) in [5, 5.41) is 17.4. The van der Waals surface area contributed by atoms with E-state index in [1.54, 1.807) is 0 Å². The van der Waals surface area contributed by atoms with Crippen LogP contribution in [0.4, 0.5) is 14.4 Å². The number of hydrogen-bond acceptors (Lipinski definition) is 8. The Morgan fingerprint density at radius 1 is 0.878 bits per heavy atom. The quantitative estimate of drug-likeness (QED) is 0.161. The lowest BCUT2D eigenvalue weighted by atomic mass is 9.98. The molecule has 0 spiro atoms. The Hall–Kier alpha value is -5.59. The van der Waals surface area contributed by atoms with Crippen molar-refractivity contribution >= 4 is 30.2 Å². The van der Waals surface area contributed by atoms with Crippen LogP contribution in [0.2, 0.25) is 0 Å². The first-order valence-electron chi connectivity index (χ1n) is 16.3. The number of amides is 4. The van der Waals surface area contributed by atoms with Crippen LogP contribution in [-0.2, 0) is 30.4 Å². The molecule has 4 amide bonds. The second-order valence-electron chi connectivity index (χ2n) is 11.9. The van der Waals surface area contributed by atoms with E-state index in [-0.39, 0.29) is 32.1 Å². The molecule has 3 aromatic rings. The molecule has 1 saturated heterocycles. The molecule has 1 aliphatic heterocycles. The largest absolute Gasteiger partial charge is 0.480 e. The smallest absolute Gasteiger partial charge is 0.407 e. The molecule has 1 fully saturated rings. The van der Waals surface area contributed by atoms with E-state index in [0.717, 1.165) is 32.7 Å². The van der Waals surface area contributed by atoms with Crippen molar-refractivity contribution in [3.63, 3.8) is 0 Å². The summed E-state index contributed by atoms with van der Waals surface area (Å²) in [5.74, 6) is -2.13. The average Bonchev–Trinajstić information content (AvgIpc) is 3.42. The van der Waals surface area contributed by atoms with Gasteiger partial charge in [-0.05, 0) is 53.5 Å². The third kappa shape index (κ3) is 9.72. The average molecular weight is 673 g/mol. The summed E-state index contributed by atoms with van der Waals surface area (Å²) in [6, 6.07) is 23.3. The number of carboxylic acids is 1. The summed E-state index contributed by atoms with van der Waals surface area (Å²) >= 11 is 0. The number of hydrogen-bond donors (Lipinski definition) is 4. The van der Waals surface area contributed by atoms with E-state index in [9.17, 15) is 29.1 Å². The summed E-state index contributed by atoms with van der Waals surface area (Å²) in [4.78, 5) is 63.8. The number of carbonyl (C=O) groups excluding carboxylic acids is 4. The molecule has 2 atom stereocenters. The number of carbonyl (C=O) groups is 5. The number of ether oxygens (including phenoxy) is 3. The Morgan fingerprint density at radius 3 is 2.24 bits per heavy atom. The number of aliphatic carboxylic acids is 1. The second kappa shape index (κ2) is 17.0. The van der Waals surface area contributed by atoms with Gasteiger partial charge in [0.1, 0.15) is 32.4 Å². The topological polar surface area (TPSA) is 173 Å². The van der Waals surface area contributed by atoms with Gasteiger partial charge in [-0.2, -0.15) is 0 Å². The molecule has 1 heterocycles. The van der Waals surface area contributed by atoms with Crippen molar-refractivity contribution in [1.29, 1.82) is 0 Å². The predicted octanol–water partition coefficient (Wildman–Crippen LogP) is 4.40.